The average Bonchev–Trinajstić information content (AvgIpc) is 2.85. The topological polar surface area (TPSA) is 40.8 Å². The van der Waals surface area contributed by atoms with E-state index >= 15 is 0 Å². The summed E-state index contributed by atoms with van der Waals surface area (Å²) in [4.78, 5) is 0. The van der Waals surface area contributed by atoms with E-state index in [-0.39, 0.29) is 0 Å². The van der Waals surface area contributed by atoms with Crippen LogP contribution in [0.5, 0.6) is 0 Å². The van der Waals surface area contributed by atoms with Crippen molar-refractivity contribution in [1.29, 1.82) is 5.26 Å². The van der Waals surface area contributed by atoms with Crippen molar-refractivity contribution in [3.8, 4) is 6.07 Å². The number of unbranched alkanes of at least 4 members (excludes halogenated alkanes) is 1. The monoisotopic (exact) mass is 255 g/mol. The molecule has 0 aliphatic carbocycles. The Morgan fingerprint density at radius 2 is 2.11 bits per heavy atom. The van der Waals surface area contributed by atoms with E-state index in [9.17, 15) is 0 Å². The first-order valence-corrected chi connectivity index (χ1v) is 7.05. The molecule has 0 saturated carbocycles. The fraction of sp³-hybridized carbons (Fsp3) is 0.438. The van der Waals surface area contributed by atoms with Crippen molar-refractivity contribution in [2.75, 3.05) is 13.1 Å². The lowest BCUT2D eigenvalue weighted by atomic mass is 10.2. The molecule has 0 unspecified atom stereocenters. The van der Waals surface area contributed by atoms with Gasteiger partial charge in [0.25, 0.3) is 0 Å². The number of aryl methyl sites for hydroxylation is 1. The largest absolute Gasteiger partial charge is 0.347 e. The van der Waals surface area contributed by atoms with Gasteiger partial charge in [-0.05, 0) is 56.6 Å². The highest BCUT2D eigenvalue weighted by Gasteiger charge is 2.01. The Morgan fingerprint density at radius 1 is 1.21 bits per heavy atom. The molecule has 100 valence electrons. The summed E-state index contributed by atoms with van der Waals surface area (Å²) in [6, 6.07) is 10.2. The molecule has 2 aromatic rings. The summed E-state index contributed by atoms with van der Waals surface area (Å²) < 4.78 is 2.27. The van der Waals surface area contributed by atoms with Crippen LogP contribution in [0.25, 0.3) is 10.9 Å². The second kappa shape index (κ2) is 6.96. The summed E-state index contributed by atoms with van der Waals surface area (Å²) in [6.07, 6.45) is 5.70. The zero-order valence-electron chi connectivity index (χ0n) is 11.5. The van der Waals surface area contributed by atoms with E-state index in [4.69, 9.17) is 5.26 Å². The van der Waals surface area contributed by atoms with E-state index < -0.39 is 0 Å². The number of nitrogens with zero attached hydrogens (tertiary/aromatic N) is 2. The van der Waals surface area contributed by atoms with Gasteiger partial charge in [-0.1, -0.05) is 6.92 Å². The second-order valence-electron chi connectivity index (χ2n) is 4.85. The summed E-state index contributed by atoms with van der Waals surface area (Å²) >= 11 is 0. The molecule has 3 nitrogen and oxygen atoms in total. The van der Waals surface area contributed by atoms with Gasteiger partial charge < -0.3 is 9.88 Å². The number of rotatable bonds is 7. The van der Waals surface area contributed by atoms with E-state index in [1.807, 2.05) is 18.2 Å². The predicted molar refractivity (Wildman–Crippen MR) is 79.0 cm³/mol. The number of hydrogen-bond acceptors (Lipinski definition) is 2. The van der Waals surface area contributed by atoms with Gasteiger partial charge in [0.05, 0.1) is 11.6 Å². The van der Waals surface area contributed by atoms with E-state index in [1.165, 1.54) is 24.8 Å². The van der Waals surface area contributed by atoms with Crippen LogP contribution in [-0.4, -0.2) is 17.7 Å². The average molecular weight is 255 g/mol. The van der Waals surface area contributed by atoms with Gasteiger partial charge in [-0.15, -0.1) is 0 Å². The van der Waals surface area contributed by atoms with E-state index in [1.54, 1.807) is 0 Å². The van der Waals surface area contributed by atoms with Gasteiger partial charge in [0.2, 0.25) is 0 Å². The van der Waals surface area contributed by atoms with Crippen molar-refractivity contribution in [3.63, 3.8) is 0 Å². The molecule has 19 heavy (non-hydrogen) atoms. The number of nitrogens with one attached hydrogen (secondary N) is 1. The normalized spacial score (nSPS) is 10.7. The zero-order chi connectivity index (χ0) is 13.5. The minimum Gasteiger partial charge on any atom is -0.347 e. The zero-order valence-corrected chi connectivity index (χ0v) is 11.5. The van der Waals surface area contributed by atoms with E-state index in [2.05, 4.69) is 35.1 Å². The molecule has 0 fully saturated rings. The molecular weight excluding hydrogens is 234 g/mol. The molecule has 1 aromatic heterocycles. The van der Waals surface area contributed by atoms with Crippen LogP contribution in [-0.2, 0) is 6.54 Å². The fourth-order valence-electron chi connectivity index (χ4n) is 2.30. The van der Waals surface area contributed by atoms with Gasteiger partial charge in [0, 0.05) is 23.6 Å². The summed E-state index contributed by atoms with van der Waals surface area (Å²) in [5, 5.41) is 13.5. The van der Waals surface area contributed by atoms with Crippen LogP contribution < -0.4 is 5.32 Å². The summed E-state index contributed by atoms with van der Waals surface area (Å²) in [7, 11) is 0. The predicted octanol–water partition coefficient (Wildman–Crippen LogP) is 3.29. The molecule has 0 amide bonds. The molecular formula is C16H21N3. The molecule has 1 aromatic carbocycles. The molecule has 0 radical (unpaired) electrons. The van der Waals surface area contributed by atoms with Crippen molar-refractivity contribution >= 4 is 10.9 Å². The first kappa shape index (κ1) is 13.6. The van der Waals surface area contributed by atoms with E-state index in [0.717, 1.165) is 30.6 Å². The minimum absolute atomic E-state index is 0.731. The van der Waals surface area contributed by atoms with Crippen molar-refractivity contribution in [3.05, 3.63) is 36.0 Å². The summed E-state index contributed by atoms with van der Waals surface area (Å²) in [5.41, 5.74) is 1.95. The Balaban J connectivity index is 1.89. The van der Waals surface area contributed by atoms with Gasteiger partial charge in [0.15, 0.2) is 0 Å². The summed E-state index contributed by atoms with van der Waals surface area (Å²) in [6.45, 7) is 5.45. The highest BCUT2D eigenvalue weighted by Crippen LogP contribution is 2.17. The number of aromatic nitrogens is 1. The van der Waals surface area contributed by atoms with Gasteiger partial charge in [-0.3, -0.25) is 0 Å². The molecule has 0 aliphatic heterocycles. The maximum Gasteiger partial charge on any atom is 0.0991 e. The second-order valence-corrected chi connectivity index (χ2v) is 4.85. The minimum atomic E-state index is 0.731. The molecule has 0 atom stereocenters. The van der Waals surface area contributed by atoms with Gasteiger partial charge in [-0.25, -0.2) is 0 Å². The first-order chi connectivity index (χ1) is 9.35. The lowest BCUT2D eigenvalue weighted by Crippen LogP contribution is -2.16. The van der Waals surface area contributed by atoms with Crippen LogP contribution in [0.4, 0.5) is 0 Å². The summed E-state index contributed by atoms with van der Waals surface area (Å²) in [5.74, 6) is 0. The Bertz CT molecular complexity index is 563. The van der Waals surface area contributed by atoms with Gasteiger partial charge >= 0.3 is 0 Å². The first-order valence-electron chi connectivity index (χ1n) is 7.05. The lowest BCUT2D eigenvalue weighted by Gasteiger charge is -2.06. The molecule has 1 N–H and O–H groups in total. The highest BCUT2D eigenvalue weighted by molar-refractivity contribution is 5.81. The third-order valence-corrected chi connectivity index (χ3v) is 3.33. The molecule has 0 bridgehead atoms. The molecule has 2 rings (SSSR count). The Kier molecular flexibility index (Phi) is 5.00. The number of benzene rings is 1. The van der Waals surface area contributed by atoms with Crippen molar-refractivity contribution in [2.45, 2.75) is 32.7 Å². The molecule has 1 heterocycles. The lowest BCUT2D eigenvalue weighted by molar-refractivity contribution is 0.575. The maximum atomic E-state index is 8.88. The van der Waals surface area contributed by atoms with E-state index in [0.29, 0.717) is 0 Å². The van der Waals surface area contributed by atoms with Crippen molar-refractivity contribution in [1.82, 2.24) is 9.88 Å². The van der Waals surface area contributed by atoms with Crippen molar-refractivity contribution in [2.24, 2.45) is 0 Å². The Labute approximate surface area is 114 Å². The van der Waals surface area contributed by atoms with Gasteiger partial charge in [0.1, 0.15) is 0 Å². The fourth-order valence-corrected chi connectivity index (χ4v) is 2.30. The molecule has 0 spiro atoms. The standard InChI is InChI=1S/C16H21N3/c1-2-8-18-9-3-4-10-19-11-7-15-12-14(13-17)5-6-16(15)19/h5-7,11-12,18H,2-4,8-10H2,1H3. The van der Waals surface area contributed by atoms with Crippen LogP contribution in [0.2, 0.25) is 0 Å². The molecule has 0 aliphatic rings. The quantitative estimate of drug-likeness (QED) is 0.771. The van der Waals surface area contributed by atoms with Crippen LogP contribution in [0.1, 0.15) is 31.7 Å². The third kappa shape index (κ3) is 3.59. The Hall–Kier alpha value is -1.79. The van der Waals surface area contributed by atoms with Gasteiger partial charge in [-0.2, -0.15) is 5.26 Å². The number of nitriles is 1. The van der Waals surface area contributed by atoms with Crippen LogP contribution in [0, 0.1) is 11.3 Å². The smallest absolute Gasteiger partial charge is 0.0991 e. The Morgan fingerprint density at radius 3 is 2.89 bits per heavy atom. The number of hydrogen-bond donors (Lipinski definition) is 1. The van der Waals surface area contributed by atoms with Crippen LogP contribution in [0.3, 0.4) is 0 Å². The van der Waals surface area contributed by atoms with Crippen LogP contribution >= 0.6 is 0 Å². The SMILES string of the molecule is CCCNCCCCn1ccc2cc(C#N)ccc21. The molecule has 3 heteroatoms. The highest BCUT2D eigenvalue weighted by atomic mass is 14.9. The van der Waals surface area contributed by atoms with Crippen molar-refractivity contribution < 1.29 is 0 Å². The third-order valence-electron chi connectivity index (χ3n) is 3.33. The molecule has 0 saturated heterocycles. The van der Waals surface area contributed by atoms with Crippen LogP contribution in [0.15, 0.2) is 30.5 Å². The number of fused-ring (bicyclic) bond motifs is 1. The maximum absolute atomic E-state index is 8.88.